The fourth-order valence-corrected chi connectivity index (χ4v) is 4.90. The Labute approximate surface area is 201 Å². The van der Waals surface area contributed by atoms with Gasteiger partial charge in [-0.2, -0.15) is 0 Å². The summed E-state index contributed by atoms with van der Waals surface area (Å²) in [5.41, 5.74) is 3.38. The van der Waals surface area contributed by atoms with E-state index < -0.39 is 5.97 Å². The van der Waals surface area contributed by atoms with E-state index in [1.165, 1.54) is 11.1 Å². The highest BCUT2D eigenvalue weighted by molar-refractivity contribution is 5.66. The molecule has 2 aromatic rings. The Bertz CT molecular complexity index is 961. The van der Waals surface area contributed by atoms with Crippen LogP contribution in [0.25, 0.3) is 0 Å². The number of aromatic nitrogens is 2. The molecule has 1 aromatic heterocycles. The zero-order chi connectivity index (χ0) is 24.0. The van der Waals surface area contributed by atoms with Crippen LogP contribution in [-0.4, -0.2) is 77.5 Å². The fourth-order valence-electron chi connectivity index (χ4n) is 4.90. The summed E-state index contributed by atoms with van der Waals surface area (Å²) in [5, 5.41) is 8.71. The van der Waals surface area contributed by atoms with Gasteiger partial charge in [0.15, 0.2) is 0 Å². The van der Waals surface area contributed by atoms with Gasteiger partial charge in [0.05, 0.1) is 38.4 Å². The number of likely N-dealkylation sites (tertiary alicyclic amines) is 1. The number of aryl methyl sites for hydroxylation is 1. The summed E-state index contributed by atoms with van der Waals surface area (Å²) >= 11 is 0. The van der Waals surface area contributed by atoms with Crippen molar-refractivity contribution in [2.75, 3.05) is 50.9 Å². The Morgan fingerprint density at radius 2 is 2.06 bits per heavy atom. The first kappa shape index (κ1) is 24.6. The van der Waals surface area contributed by atoms with E-state index >= 15 is 0 Å². The van der Waals surface area contributed by atoms with Gasteiger partial charge in [-0.3, -0.25) is 9.69 Å². The second-order valence-electron chi connectivity index (χ2n) is 9.41. The van der Waals surface area contributed by atoms with Crippen molar-refractivity contribution < 1.29 is 19.4 Å². The normalized spacial score (nSPS) is 19.3. The summed E-state index contributed by atoms with van der Waals surface area (Å²) in [6, 6.07) is 10.9. The van der Waals surface area contributed by atoms with Crippen molar-refractivity contribution in [1.82, 2.24) is 14.9 Å². The summed E-state index contributed by atoms with van der Waals surface area (Å²) in [4.78, 5) is 24.5. The van der Waals surface area contributed by atoms with Crippen molar-refractivity contribution in [2.24, 2.45) is 0 Å². The molecule has 1 aromatic carbocycles. The van der Waals surface area contributed by atoms with Crippen molar-refractivity contribution in [1.29, 1.82) is 0 Å². The first-order valence-electron chi connectivity index (χ1n) is 12.3. The van der Waals surface area contributed by atoms with Crippen LogP contribution in [0.2, 0.25) is 0 Å². The van der Waals surface area contributed by atoms with Crippen LogP contribution in [0.4, 0.5) is 5.95 Å². The molecule has 1 atom stereocenters. The number of rotatable bonds is 9. The third-order valence-corrected chi connectivity index (χ3v) is 7.00. The molecule has 3 heterocycles. The highest BCUT2D eigenvalue weighted by Crippen LogP contribution is 2.34. The van der Waals surface area contributed by atoms with Crippen LogP contribution < -0.4 is 4.90 Å². The number of nitrogens with zero attached hydrogens (tertiary/aromatic N) is 4. The second kappa shape index (κ2) is 11.3. The fraction of sp³-hybridized carbons (Fsp3) is 0.577. The van der Waals surface area contributed by atoms with Crippen molar-refractivity contribution in [3.63, 3.8) is 0 Å². The average Bonchev–Trinajstić information content (AvgIpc) is 2.84. The molecular weight excluding hydrogens is 432 g/mol. The minimum Gasteiger partial charge on any atom is -0.481 e. The summed E-state index contributed by atoms with van der Waals surface area (Å²) < 4.78 is 11.8. The summed E-state index contributed by atoms with van der Waals surface area (Å²) in [5.74, 6) is -0.0174. The molecule has 0 bridgehead atoms. The highest BCUT2D eigenvalue weighted by atomic mass is 16.5. The van der Waals surface area contributed by atoms with Gasteiger partial charge in [0.2, 0.25) is 5.95 Å². The summed E-state index contributed by atoms with van der Waals surface area (Å²) in [7, 11) is 0. The molecule has 8 nitrogen and oxygen atoms in total. The maximum absolute atomic E-state index is 10.6. The van der Waals surface area contributed by atoms with Crippen LogP contribution in [0.5, 0.6) is 0 Å². The Kier molecular flexibility index (Phi) is 8.13. The van der Waals surface area contributed by atoms with Crippen molar-refractivity contribution in [3.8, 4) is 0 Å². The molecule has 4 rings (SSSR count). The van der Waals surface area contributed by atoms with Gasteiger partial charge in [-0.15, -0.1) is 0 Å². The van der Waals surface area contributed by atoms with Crippen LogP contribution in [0.15, 0.2) is 36.5 Å². The largest absolute Gasteiger partial charge is 0.481 e. The van der Waals surface area contributed by atoms with E-state index in [1.54, 1.807) is 0 Å². The number of ether oxygens (including phenoxy) is 2. The zero-order valence-corrected chi connectivity index (χ0v) is 20.3. The number of carboxylic acids is 1. The van der Waals surface area contributed by atoms with Crippen molar-refractivity contribution in [3.05, 3.63) is 53.3 Å². The van der Waals surface area contributed by atoms with Crippen molar-refractivity contribution >= 4 is 11.9 Å². The molecule has 184 valence electrons. The molecular formula is C26H36N4O4. The molecule has 2 aliphatic rings. The first-order chi connectivity index (χ1) is 16.4. The molecule has 34 heavy (non-hydrogen) atoms. The minimum atomic E-state index is -0.825. The SMILES string of the molecule is Cc1ccnc(N2CCOC3(CCN(C(C)c4cccc(CCOCCC(=O)O)c4)CC3)C2)n1. The van der Waals surface area contributed by atoms with Gasteiger partial charge in [-0.25, -0.2) is 9.97 Å². The van der Waals surface area contributed by atoms with E-state index in [0.29, 0.717) is 19.3 Å². The number of hydrogen-bond donors (Lipinski definition) is 1. The molecule has 0 aliphatic carbocycles. The maximum atomic E-state index is 10.6. The quantitative estimate of drug-likeness (QED) is 0.561. The lowest BCUT2D eigenvalue weighted by atomic mass is 9.88. The Balaban J connectivity index is 1.30. The number of aliphatic carboxylic acids is 1. The molecule has 2 aliphatic heterocycles. The maximum Gasteiger partial charge on any atom is 0.305 e. The van der Waals surface area contributed by atoms with Gasteiger partial charge < -0.3 is 19.5 Å². The molecule has 0 radical (unpaired) electrons. The number of anilines is 1. The monoisotopic (exact) mass is 468 g/mol. The minimum absolute atomic E-state index is 0.0486. The van der Waals surface area contributed by atoms with E-state index in [0.717, 1.165) is 57.1 Å². The lowest BCUT2D eigenvalue weighted by Gasteiger charge is -2.48. The number of hydrogen-bond acceptors (Lipinski definition) is 7. The average molecular weight is 469 g/mol. The van der Waals surface area contributed by atoms with Crippen molar-refractivity contribution in [2.45, 2.75) is 51.2 Å². The van der Waals surface area contributed by atoms with Crippen LogP contribution in [0.3, 0.4) is 0 Å². The number of carbonyl (C=O) groups is 1. The Hall–Kier alpha value is -2.55. The second-order valence-corrected chi connectivity index (χ2v) is 9.41. The summed E-state index contributed by atoms with van der Waals surface area (Å²) in [6.07, 6.45) is 4.66. The third-order valence-electron chi connectivity index (χ3n) is 7.00. The van der Waals surface area contributed by atoms with Gasteiger partial charge in [0.1, 0.15) is 0 Å². The van der Waals surface area contributed by atoms with Crippen LogP contribution in [0.1, 0.15) is 49.0 Å². The van der Waals surface area contributed by atoms with Gasteiger partial charge in [-0.05, 0) is 50.3 Å². The van der Waals surface area contributed by atoms with E-state index in [2.05, 4.69) is 51.0 Å². The molecule has 2 fully saturated rings. The predicted octanol–water partition coefficient (Wildman–Crippen LogP) is 3.25. The lowest BCUT2D eigenvalue weighted by Crippen LogP contribution is -2.57. The van der Waals surface area contributed by atoms with Crippen LogP contribution in [0, 0.1) is 6.92 Å². The Morgan fingerprint density at radius 1 is 1.24 bits per heavy atom. The number of piperidine rings is 1. The molecule has 1 unspecified atom stereocenters. The van der Waals surface area contributed by atoms with Crippen LogP contribution in [-0.2, 0) is 20.7 Å². The van der Waals surface area contributed by atoms with E-state index in [9.17, 15) is 4.79 Å². The zero-order valence-electron chi connectivity index (χ0n) is 20.3. The van der Waals surface area contributed by atoms with Crippen LogP contribution >= 0.6 is 0 Å². The highest BCUT2D eigenvalue weighted by Gasteiger charge is 2.41. The van der Waals surface area contributed by atoms with Gasteiger partial charge in [0.25, 0.3) is 0 Å². The van der Waals surface area contributed by atoms with E-state index in [4.69, 9.17) is 14.6 Å². The molecule has 8 heteroatoms. The number of carboxylic acid groups (broad SMARTS) is 1. The molecule has 0 saturated carbocycles. The Morgan fingerprint density at radius 3 is 2.82 bits per heavy atom. The molecule has 2 saturated heterocycles. The number of morpholine rings is 1. The summed E-state index contributed by atoms with van der Waals surface area (Å²) in [6.45, 7) is 9.44. The molecule has 1 spiro atoms. The molecule has 0 amide bonds. The van der Waals surface area contributed by atoms with Gasteiger partial charge >= 0.3 is 5.97 Å². The van der Waals surface area contributed by atoms with E-state index in [-0.39, 0.29) is 18.6 Å². The van der Waals surface area contributed by atoms with E-state index in [1.807, 2.05) is 19.2 Å². The lowest BCUT2D eigenvalue weighted by molar-refractivity contribution is -0.138. The smallest absolute Gasteiger partial charge is 0.305 e. The number of benzene rings is 1. The van der Waals surface area contributed by atoms with Gasteiger partial charge in [-0.1, -0.05) is 24.3 Å². The standard InChI is InChI=1S/C26H36N4O4/c1-20-6-11-27-25(28-20)30-14-17-34-26(19-30)9-12-29(13-10-26)21(2)23-5-3-4-22(18-23)7-15-33-16-8-24(31)32/h3-6,11,18,21H,7-10,12-17,19H2,1-2H3,(H,31,32). The molecule has 1 N–H and O–H groups in total. The topological polar surface area (TPSA) is 88.0 Å². The predicted molar refractivity (Wildman–Crippen MR) is 130 cm³/mol. The first-order valence-corrected chi connectivity index (χ1v) is 12.3. The van der Waals surface area contributed by atoms with Gasteiger partial charge in [0, 0.05) is 37.6 Å². The third kappa shape index (κ3) is 6.31.